The van der Waals surface area contributed by atoms with Crippen molar-refractivity contribution in [3.8, 4) is 11.3 Å². The van der Waals surface area contributed by atoms with Gasteiger partial charge in [-0.25, -0.2) is 14.3 Å². The van der Waals surface area contributed by atoms with Crippen molar-refractivity contribution >= 4 is 57.1 Å². The third-order valence-corrected chi connectivity index (χ3v) is 7.99. The monoisotopic (exact) mass is 582 g/mol. The summed E-state index contributed by atoms with van der Waals surface area (Å²) in [6, 6.07) is 6.33. The first-order chi connectivity index (χ1) is 18.1. The van der Waals surface area contributed by atoms with Crippen LogP contribution in [0.4, 0.5) is 18.2 Å². The van der Waals surface area contributed by atoms with Gasteiger partial charge in [-0.3, -0.25) is 4.79 Å². The van der Waals surface area contributed by atoms with Crippen LogP contribution in [-0.2, 0) is 23.8 Å². The number of aromatic nitrogens is 3. The number of carbonyl (C=O) groups is 2. The topological polar surface area (TPSA) is 85.6 Å². The molecule has 13 heteroatoms. The van der Waals surface area contributed by atoms with Gasteiger partial charge in [-0.15, -0.1) is 11.3 Å². The van der Waals surface area contributed by atoms with Gasteiger partial charge in [0.05, 0.1) is 27.9 Å². The summed E-state index contributed by atoms with van der Waals surface area (Å²) in [4.78, 5) is 31.1. The van der Waals surface area contributed by atoms with Gasteiger partial charge in [0, 0.05) is 16.5 Å². The molecule has 0 fully saturated rings. The highest BCUT2D eigenvalue weighted by molar-refractivity contribution is 7.17. The third-order valence-electron chi connectivity index (χ3n) is 6.04. The van der Waals surface area contributed by atoms with Crippen LogP contribution in [0.5, 0.6) is 0 Å². The molecule has 0 radical (unpaired) electrons. The van der Waals surface area contributed by atoms with Crippen LogP contribution >= 0.6 is 34.5 Å². The van der Waals surface area contributed by atoms with E-state index in [1.807, 2.05) is 0 Å². The zero-order chi connectivity index (χ0) is 27.2. The van der Waals surface area contributed by atoms with E-state index in [4.69, 9.17) is 27.9 Å². The minimum Gasteiger partial charge on any atom is -0.462 e. The van der Waals surface area contributed by atoms with Crippen LogP contribution < -0.4 is 5.32 Å². The highest BCUT2D eigenvalue weighted by Gasteiger charge is 2.36. The van der Waals surface area contributed by atoms with Crippen molar-refractivity contribution < 1.29 is 27.5 Å². The second kappa shape index (κ2) is 10.2. The Morgan fingerprint density at radius 2 is 1.89 bits per heavy atom. The van der Waals surface area contributed by atoms with Gasteiger partial charge >= 0.3 is 12.1 Å². The predicted molar refractivity (Wildman–Crippen MR) is 138 cm³/mol. The zero-order valence-corrected chi connectivity index (χ0v) is 22.1. The highest BCUT2D eigenvalue weighted by Crippen LogP contribution is 2.39. The van der Waals surface area contributed by atoms with Crippen LogP contribution in [-0.4, -0.2) is 33.1 Å². The fraction of sp³-hybridized carbons (Fsp3) is 0.280. The number of fused-ring (bicyclic) bond motifs is 2. The number of halogens is 5. The molecule has 0 aliphatic heterocycles. The molecule has 0 unspecified atom stereocenters. The number of nitrogens with zero attached hydrogens (tertiary/aromatic N) is 3. The van der Waals surface area contributed by atoms with Crippen molar-refractivity contribution in [2.24, 2.45) is 0 Å². The first kappa shape index (κ1) is 26.5. The van der Waals surface area contributed by atoms with Crippen molar-refractivity contribution in [2.75, 3.05) is 11.9 Å². The van der Waals surface area contributed by atoms with E-state index in [9.17, 15) is 22.8 Å². The lowest BCUT2D eigenvalue weighted by Crippen LogP contribution is -2.17. The molecule has 5 rings (SSSR count). The Bertz CT molecular complexity index is 1580. The number of aryl methyl sites for hydroxylation is 1. The molecule has 38 heavy (non-hydrogen) atoms. The summed E-state index contributed by atoms with van der Waals surface area (Å²) in [7, 11) is 0. The minimum absolute atomic E-state index is 0.0224. The fourth-order valence-corrected chi connectivity index (χ4v) is 5.90. The summed E-state index contributed by atoms with van der Waals surface area (Å²) < 4.78 is 47.7. The summed E-state index contributed by atoms with van der Waals surface area (Å²) in [5.41, 5.74) is -0.190. The Labute approximate surface area is 228 Å². The number of amides is 1. The molecular weight excluding hydrogens is 564 g/mol. The average Bonchev–Trinajstić information content (AvgIpc) is 3.46. The van der Waals surface area contributed by atoms with Crippen LogP contribution in [0.15, 0.2) is 30.3 Å². The number of thiophene rings is 1. The number of benzene rings is 1. The van der Waals surface area contributed by atoms with Gasteiger partial charge in [0.15, 0.2) is 17.0 Å². The van der Waals surface area contributed by atoms with Crippen LogP contribution in [0.25, 0.3) is 16.9 Å². The molecule has 198 valence electrons. The second-order valence-corrected chi connectivity index (χ2v) is 10.5. The summed E-state index contributed by atoms with van der Waals surface area (Å²) in [6.07, 6.45) is -1.48. The number of rotatable bonds is 5. The molecule has 1 aromatic carbocycles. The molecular formula is C25H19Cl2F3N4O3S. The Hall–Kier alpha value is -3.15. The van der Waals surface area contributed by atoms with E-state index in [-0.39, 0.29) is 38.7 Å². The van der Waals surface area contributed by atoms with Crippen LogP contribution in [0, 0.1) is 0 Å². The molecule has 0 saturated heterocycles. The Balaban J connectivity index is 1.55. The molecule has 1 aliphatic rings. The number of hydrogen-bond donors (Lipinski definition) is 1. The van der Waals surface area contributed by atoms with Crippen LogP contribution in [0.2, 0.25) is 10.0 Å². The van der Waals surface area contributed by atoms with E-state index in [1.165, 1.54) is 29.5 Å². The number of carbonyl (C=O) groups excluding carboxylic acids is 2. The van der Waals surface area contributed by atoms with Crippen molar-refractivity contribution in [3.05, 3.63) is 67.8 Å². The summed E-state index contributed by atoms with van der Waals surface area (Å²) in [6.45, 7) is 1.85. The largest absolute Gasteiger partial charge is 0.462 e. The van der Waals surface area contributed by atoms with Gasteiger partial charge in [0.2, 0.25) is 0 Å². The van der Waals surface area contributed by atoms with E-state index >= 15 is 0 Å². The van der Waals surface area contributed by atoms with Gasteiger partial charge in [0.1, 0.15) is 5.00 Å². The summed E-state index contributed by atoms with van der Waals surface area (Å²) in [5.74, 6) is -1.33. The minimum atomic E-state index is -4.80. The lowest BCUT2D eigenvalue weighted by Gasteiger charge is -2.12. The number of ether oxygens (including phenoxy) is 1. The van der Waals surface area contributed by atoms with Crippen LogP contribution in [0.3, 0.4) is 0 Å². The molecule has 0 spiro atoms. The van der Waals surface area contributed by atoms with Gasteiger partial charge in [-0.2, -0.15) is 18.3 Å². The first-order valence-electron chi connectivity index (χ1n) is 11.6. The highest BCUT2D eigenvalue weighted by atomic mass is 35.5. The maximum absolute atomic E-state index is 14.0. The van der Waals surface area contributed by atoms with Crippen molar-refractivity contribution in [2.45, 2.75) is 38.8 Å². The Morgan fingerprint density at radius 1 is 1.13 bits per heavy atom. The molecule has 1 amide bonds. The van der Waals surface area contributed by atoms with E-state index in [0.29, 0.717) is 22.1 Å². The number of hydrogen-bond acceptors (Lipinski definition) is 6. The standard InChI is InChI=1S/C25H19Cl2F3N4O3S/c1-2-37-24(36)21-13-5-3-4-6-18(13)38-23(21)32-22(35)17-11-20-31-16(12-7-8-14(26)15(27)9-12)10-19(25(28,29)30)34(20)33-17/h7-11H,2-6H2,1H3,(H,32,35). The van der Waals surface area contributed by atoms with Gasteiger partial charge in [0.25, 0.3) is 5.91 Å². The molecule has 4 aromatic rings. The SMILES string of the molecule is CCOC(=O)c1c(NC(=O)c2cc3nc(-c4ccc(Cl)c(Cl)c4)cc(C(F)(F)F)n3n2)sc2c1CCCC2. The maximum atomic E-state index is 14.0. The third kappa shape index (κ3) is 4.97. The van der Waals surface area contributed by atoms with E-state index in [2.05, 4.69) is 15.4 Å². The lowest BCUT2D eigenvalue weighted by molar-refractivity contribution is -0.142. The van der Waals surface area contributed by atoms with Gasteiger partial charge in [-0.05, 0) is 56.4 Å². The van der Waals surface area contributed by atoms with E-state index in [1.54, 1.807) is 6.92 Å². The molecule has 0 bridgehead atoms. The van der Waals surface area contributed by atoms with Crippen molar-refractivity contribution in [3.63, 3.8) is 0 Å². The number of anilines is 1. The van der Waals surface area contributed by atoms with E-state index in [0.717, 1.165) is 41.8 Å². The average molecular weight is 583 g/mol. The van der Waals surface area contributed by atoms with Crippen LogP contribution in [0.1, 0.15) is 56.7 Å². The molecule has 3 heterocycles. The van der Waals surface area contributed by atoms with Gasteiger partial charge < -0.3 is 10.1 Å². The molecule has 7 nitrogen and oxygen atoms in total. The maximum Gasteiger partial charge on any atom is 0.433 e. The quantitative estimate of drug-likeness (QED) is 0.254. The zero-order valence-electron chi connectivity index (χ0n) is 19.8. The van der Waals surface area contributed by atoms with E-state index < -0.39 is 23.7 Å². The summed E-state index contributed by atoms with van der Waals surface area (Å²) >= 11 is 13.2. The number of esters is 1. The molecule has 3 aromatic heterocycles. The van der Waals surface area contributed by atoms with Gasteiger partial charge in [-0.1, -0.05) is 29.3 Å². The smallest absolute Gasteiger partial charge is 0.433 e. The number of alkyl halides is 3. The van der Waals surface area contributed by atoms with Crippen molar-refractivity contribution in [1.82, 2.24) is 14.6 Å². The molecule has 0 saturated carbocycles. The molecule has 1 N–H and O–H groups in total. The second-order valence-electron chi connectivity index (χ2n) is 8.54. The van der Waals surface area contributed by atoms with Crippen molar-refractivity contribution in [1.29, 1.82) is 0 Å². The first-order valence-corrected chi connectivity index (χ1v) is 13.2. The predicted octanol–water partition coefficient (Wildman–Crippen LogP) is 7.09. The normalized spacial score (nSPS) is 13.4. The summed E-state index contributed by atoms with van der Waals surface area (Å²) in [5, 5.41) is 7.25. The Morgan fingerprint density at radius 3 is 2.61 bits per heavy atom. The number of nitrogens with one attached hydrogen (secondary N) is 1. The molecule has 0 atom stereocenters. The Kier molecular flexibility index (Phi) is 7.10. The molecule has 1 aliphatic carbocycles. The fourth-order valence-electron chi connectivity index (χ4n) is 4.33. The lowest BCUT2D eigenvalue weighted by atomic mass is 9.95.